The minimum absolute atomic E-state index is 0.0834. The smallest absolute Gasteiger partial charge is 0.192 e. The molecule has 0 radical (unpaired) electrons. The summed E-state index contributed by atoms with van der Waals surface area (Å²) in [6.45, 7) is 15.1. The molecule has 0 aromatic heterocycles. The van der Waals surface area contributed by atoms with Crippen molar-refractivity contribution in [3.05, 3.63) is 84.0 Å². The van der Waals surface area contributed by atoms with Crippen LogP contribution in [0, 0.1) is 0 Å². The molecule has 0 bridgehead atoms. The number of allylic oxidation sites excluding steroid dienone is 2. The summed E-state index contributed by atoms with van der Waals surface area (Å²) in [6.07, 6.45) is 2.52. The van der Waals surface area contributed by atoms with Crippen LogP contribution in [0.1, 0.15) is 39.2 Å². The van der Waals surface area contributed by atoms with Crippen molar-refractivity contribution in [2.45, 2.75) is 70.4 Å². The Kier molecular flexibility index (Phi) is 7.80. The van der Waals surface area contributed by atoms with Crippen LogP contribution in [0.25, 0.3) is 0 Å². The first-order valence-corrected chi connectivity index (χ1v) is 15.7. The molecule has 1 fully saturated rings. The maximum absolute atomic E-state index is 14.9. The number of alkyl halides is 1. The molecule has 0 aliphatic heterocycles. The van der Waals surface area contributed by atoms with E-state index in [-0.39, 0.29) is 11.1 Å². The molecule has 0 heterocycles. The van der Waals surface area contributed by atoms with Gasteiger partial charge in [-0.1, -0.05) is 88.0 Å². The van der Waals surface area contributed by atoms with Gasteiger partial charge in [0.2, 0.25) is 0 Å². The van der Waals surface area contributed by atoms with Crippen LogP contribution in [-0.4, -0.2) is 20.6 Å². The van der Waals surface area contributed by atoms with E-state index in [1.807, 2.05) is 54.6 Å². The largest absolute Gasteiger partial charge is 0.413 e. The highest BCUT2D eigenvalue weighted by atomic mass is 31.1. The van der Waals surface area contributed by atoms with Gasteiger partial charge in [0.15, 0.2) is 8.32 Å². The molecule has 2 nitrogen and oxygen atoms in total. The van der Waals surface area contributed by atoms with Gasteiger partial charge in [-0.2, -0.15) is 0 Å². The lowest BCUT2D eigenvalue weighted by atomic mass is 9.86. The fourth-order valence-electron chi connectivity index (χ4n) is 3.83. The summed E-state index contributed by atoms with van der Waals surface area (Å²) < 4.78 is 34.6. The number of hydrogen-bond acceptors (Lipinski definition) is 2. The van der Waals surface area contributed by atoms with Gasteiger partial charge in [-0.15, -0.1) is 0 Å². The molecule has 2 aromatic carbocycles. The Hall–Kier alpha value is -1.74. The Balaban J connectivity index is 1.81. The molecule has 2 aromatic rings. The van der Waals surface area contributed by atoms with E-state index < -0.39 is 22.3 Å². The molecule has 1 saturated carbocycles. The summed E-state index contributed by atoms with van der Waals surface area (Å²) >= 11 is 0. The van der Waals surface area contributed by atoms with Gasteiger partial charge in [0, 0.05) is 17.0 Å². The lowest BCUT2D eigenvalue weighted by Gasteiger charge is -2.41. The zero-order chi connectivity index (χ0) is 23.5. The second-order valence-corrected chi connectivity index (χ2v) is 16.7. The fourth-order valence-corrected chi connectivity index (χ4v) is 6.73. The quantitative estimate of drug-likeness (QED) is 0.345. The molecular formula is C27H36FO2PSi. The molecule has 0 saturated heterocycles. The number of benzene rings is 2. The Morgan fingerprint density at radius 3 is 2.41 bits per heavy atom. The fraction of sp³-hybridized carbons (Fsp3) is 0.407. The molecule has 3 atom stereocenters. The number of rotatable bonds is 6. The van der Waals surface area contributed by atoms with E-state index >= 15 is 0 Å². The summed E-state index contributed by atoms with van der Waals surface area (Å²) in [7, 11) is -4.08. The zero-order valence-electron chi connectivity index (χ0n) is 20.0. The molecule has 172 valence electrons. The van der Waals surface area contributed by atoms with E-state index in [1.54, 1.807) is 0 Å². The van der Waals surface area contributed by atoms with Crippen molar-refractivity contribution in [1.29, 1.82) is 0 Å². The van der Waals surface area contributed by atoms with Crippen LogP contribution < -0.4 is 10.6 Å². The van der Waals surface area contributed by atoms with E-state index in [1.165, 1.54) is 0 Å². The maximum atomic E-state index is 14.9. The molecule has 0 spiro atoms. The van der Waals surface area contributed by atoms with Crippen molar-refractivity contribution >= 4 is 26.7 Å². The first-order valence-electron chi connectivity index (χ1n) is 11.4. The summed E-state index contributed by atoms with van der Waals surface area (Å²) in [6, 6.07) is 17.4. The van der Waals surface area contributed by atoms with Crippen molar-refractivity contribution in [1.82, 2.24) is 0 Å². The zero-order valence-corrected chi connectivity index (χ0v) is 22.0. The highest BCUT2D eigenvalue weighted by Crippen LogP contribution is 2.41. The molecule has 0 amide bonds. The minimum Gasteiger partial charge on any atom is -0.413 e. The van der Waals surface area contributed by atoms with Crippen LogP contribution in [0.3, 0.4) is 0 Å². The van der Waals surface area contributed by atoms with Crippen LogP contribution in [0.2, 0.25) is 18.1 Å². The first kappa shape index (κ1) is 24.9. The molecule has 0 N–H and O–H groups in total. The van der Waals surface area contributed by atoms with E-state index in [0.717, 1.165) is 21.7 Å². The number of hydrogen-bond donors (Lipinski definition) is 0. The summed E-state index contributed by atoms with van der Waals surface area (Å²) in [5, 5.41) is 1.80. The minimum atomic E-state index is -2.10. The predicted octanol–water partition coefficient (Wildman–Crippen LogP) is 6.74. The summed E-state index contributed by atoms with van der Waals surface area (Å²) in [5.74, 6) is 0. The van der Waals surface area contributed by atoms with Gasteiger partial charge in [0.1, 0.15) is 14.0 Å². The third-order valence-corrected chi connectivity index (χ3v) is 13.2. The summed E-state index contributed by atoms with van der Waals surface area (Å²) in [4.78, 5) is 0. The Morgan fingerprint density at radius 1 is 1.12 bits per heavy atom. The number of halogens is 1. The highest BCUT2D eigenvalue weighted by Gasteiger charge is 2.41. The van der Waals surface area contributed by atoms with Gasteiger partial charge in [-0.3, -0.25) is 0 Å². The van der Waals surface area contributed by atoms with E-state index in [4.69, 9.17) is 4.43 Å². The summed E-state index contributed by atoms with van der Waals surface area (Å²) in [5.41, 5.74) is 2.51. The molecule has 5 heteroatoms. The van der Waals surface area contributed by atoms with Crippen molar-refractivity contribution in [3.8, 4) is 0 Å². The van der Waals surface area contributed by atoms with E-state index in [0.29, 0.717) is 24.8 Å². The van der Waals surface area contributed by atoms with Crippen LogP contribution in [0.15, 0.2) is 78.4 Å². The second kappa shape index (κ2) is 10.0. The van der Waals surface area contributed by atoms with Crippen molar-refractivity contribution in [3.63, 3.8) is 0 Å². The van der Waals surface area contributed by atoms with Crippen molar-refractivity contribution < 1.29 is 13.4 Å². The van der Waals surface area contributed by atoms with Gasteiger partial charge in [-0.25, -0.2) is 4.39 Å². The second-order valence-electron chi connectivity index (χ2n) is 10.2. The first-order chi connectivity index (χ1) is 15.0. The molecule has 3 rings (SSSR count). The molecule has 1 aliphatic rings. The molecule has 32 heavy (non-hydrogen) atoms. The Morgan fingerprint density at radius 2 is 1.75 bits per heavy atom. The van der Waals surface area contributed by atoms with Crippen LogP contribution >= 0.6 is 7.80 Å². The Labute approximate surface area is 194 Å². The van der Waals surface area contributed by atoms with Crippen LogP contribution in [-0.2, 0) is 15.4 Å². The lowest BCUT2D eigenvalue weighted by molar-refractivity contribution is 0.131. The van der Waals surface area contributed by atoms with E-state index in [2.05, 4.69) is 46.5 Å². The maximum Gasteiger partial charge on any atom is 0.192 e. The molecule has 1 unspecified atom stereocenters. The van der Waals surface area contributed by atoms with Gasteiger partial charge in [0.05, 0.1) is 6.10 Å². The highest BCUT2D eigenvalue weighted by molar-refractivity contribution is 7.61. The lowest BCUT2D eigenvalue weighted by Crippen LogP contribution is -2.45. The third-order valence-electron chi connectivity index (χ3n) is 6.84. The topological polar surface area (TPSA) is 26.3 Å². The van der Waals surface area contributed by atoms with Gasteiger partial charge in [-0.05, 0) is 47.7 Å². The van der Waals surface area contributed by atoms with Gasteiger partial charge < -0.3 is 8.99 Å². The van der Waals surface area contributed by atoms with Crippen molar-refractivity contribution in [2.24, 2.45) is 0 Å². The van der Waals surface area contributed by atoms with E-state index in [9.17, 15) is 8.96 Å². The van der Waals surface area contributed by atoms with Crippen LogP contribution in [0.5, 0.6) is 0 Å². The monoisotopic (exact) mass is 470 g/mol. The predicted molar refractivity (Wildman–Crippen MR) is 138 cm³/mol. The van der Waals surface area contributed by atoms with Crippen LogP contribution in [0.4, 0.5) is 4.39 Å². The Bertz CT molecular complexity index is 1010. The van der Waals surface area contributed by atoms with Gasteiger partial charge >= 0.3 is 0 Å². The normalized spacial score (nSPS) is 22.2. The average molecular weight is 471 g/mol. The van der Waals surface area contributed by atoms with Gasteiger partial charge in [0.25, 0.3) is 0 Å². The third kappa shape index (κ3) is 5.78. The molecular weight excluding hydrogens is 434 g/mol. The standard InChI is InChI=1S/C27H36FO2PSi/c1-20-22(18-23(19-25(20)28)30-32(5,6)27(2,3)4)17-16-21-12-10-11-15-26(21)31(29)24-13-8-7-9-14-24/h7-15,17,23,25,31H,1,16,18-19H2,2-6H3/b22-17-/t23-,25+/m1/s1. The SMILES string of the molecule is C=C1/C(=C\Cc2ccccc2[PH](=O)c2ccccc2)C[C@@H](O[Si](C)(C)C(C)(C)C)C[C@@H]1F. The van der Waals surface area contributed by atoms with Crippen molar-refractivity contribution in [2.75, 3.05) is 0 Å². The molecule has 1 aliphatic carbocycles. The average Bonchev–Trinajstić information content (AvgIpc) is 2.74.